The molecule has 1 unspecified atom stereocenters. The van der Waals surface area contributed by atoms with Crippen molar-refractivity contribution in [3.05, 3.63) is 28.3 Å². The minimum atomic E-state index is -0.309. The monoisotopic (exact) mass is 265 g/mol. The first kappa shape index (κ1) is 15.3. The van der Waals surface area contributed by atoms with Crippen LogP contribution in [0, 0.1) is 16.0 Å². The number of benzene rings is 1. The van der Waals surface area contributed by atoms with E-state index in [4.69, 9.17) is 0 Å². The lowest BCUT2D eigenvalue weighted by atomic mass is 10.0. The highest BCUT2D eigenvalue weighted by Crippen LogP contribution is 2.36. The van der Waals surface area contributed by atoms with Crippen molar-refractivity contribution in [2.75, 3.05) is 23.8 Å². The third kappa shape index (κ3) is 3.36. The SMILES string of the molecule is CCNc1cccc(N(C)C(C)C(C)C)c1[N+](=O)[O-]. The maximum atomic E-state index is 11.4. The quantitative estimate of drug-likeness (QED) is 0.631. The smallest absolute Gasteiger partial charge is 0.315 e. The molecule has 0 amide bonds. The van der Waals surface area contributed by atoms with E-state index in [1.54, 1.807) is 12.1 Å². The molecule has 0 aromatic heterocycles. The second kappa shape index (κ2) is 6.41. The molecule has 0 aliphatic rings. The summed E-state index contributed by atoms with van der Waals surface area (Å²) in [5.74, 6) is 0.424. The van der Waals surface area contributed by atoms with E-state index < -0.39 is 0 Å². The normalized spacial score (nSPS) is 12.3. The predicted octanol–water partition coefficient (Wildman–Crippen LogP) is 3.51. The van der Waals surface area contributed by atoms with E-state index in [9.17, 15) is 10.1 Å². The van der Waals surface area contributed by atoms with Crippen molar-refractivity contribution in [1.82, 2.24) is 0 Å². The summed E-state index contributed by atoms with van der Waals surface area (Å²) in [6.45, 7) is 8.89. The summed E-state index contributed by atoms with van der Waals surface area (Å²) in [5, 5.41) is 14.4. The lowest BCUT2D eigenvalue weighted by Crippen LogP contribution is -2.33. The number of nitrogens with one attached hydrogen (secondary N) is 1. The third-order valence-electron chi connectivity index (χ3n) is 3.52. The highest BCUT2D eigenvalue weighted by atomic mass is 16.6. The Balaban J connectivity index is 3.26. The molecule has 0 radical (unpaired) electrons. The van der Waals surface area contributed by atoms with Gasteiger partial charge in [0.2, 0.25) is 0 Å². The van der Waals surface area contributed by atoms with Crippen molar-refractivity contribution in [3.8, 4) is 0 Å². The highest BCUT2D eigenvalue weighted by molar-refractivity contribution is 5.77. The van der Waals surface area contributed by atoms with Crippen LogP contribution in [0.2, 0.25) is 0 Å². The number of anilines is 2. The zero-order valence-electron chi connectivity index (χ0n) is 12.3. The Morgan fingerprint density at radius 1 is 1.37 bits per heavy atom. The van der Waals surface area contributed by atoms with E-state index in [1.165, 1.54) is 0 Å². The zero-order chi connectivity index (χ0) is 14.6. The van der Waals surface area contributed by atoms with Crippen molar-refractivity contribution in [2.24, 2.45) is 5.92 Å². The fraction of sp³-hybridized carbons (Fsp3) is 0.571. The fourth-order valence-corrected chi connectivity index (χ4v) is 2.01. The zero-order valence-corrected chi connectivity index (χ0v) is 12.3. The van der Waals surface area contributed by atoms with Crippen LogP contribution in [-0.2, 0) is 0 Å². The van der Waals surface area contributed by atoms with Gasteiger partial charge in [-0.25, -0.2) is 0 Å². The summed E-state index contributed by atoms with van der Waals surface area (Å²) < 4.78 is 0. The molecule has 0 aliphatic heterocycles. The molecule has 0 spiro atoms. The molecule has 1 aromatic carbocycles. The first-order valence-corrected chi connectivity index (χ1v) is 6.64. The Labute approximate surface area is 114 Å². The van der Waals surface area contributed by atoms with Gasteiger partial charge in [-0.1, -0.05) is 19.9 Å². The highest BCUT2D eigenvalue weighted by Gasteiger charge is 2.25. The molecule has 1 rings (SSSR count). The van der Waals surface area contributed by atoms with Gasteiger partial charge in [0.15, 0.2) is 0 Å². The number of nitrogens with zero attached hydrogens (tertiary/aromatic N) is 2. The van der Waals surface area contributed by atoms with Gasteiger partial charge in [0.1, 0.15) is 11.4 Å². The molecule has 1 atom stereocenters. The Morgan fingerprint density at radius 3 is 2.47 bits per heavy atom. The Hall–Kier alpha value is -1.78. The second-order valence-corrected chi connectivity index (χ2v) is 5.06. The van der Waals surface area contributed by atoms with E-state index in [2.05, 4.69) is 26.1 Å². The van der Waals surface area contributed by atoms with Crippen LogP contribution >= 0.6 is 0 Å². The lowest BCUT2D eigenvalue weighted by Gasteiger charge is -2.30. The van der Waals surface area contributed by atoms with Crippen LogP contribution in [-0.4, -0.2) is 24.6 Å². The number of nitro benzene ring substituents is 1. The molecule has 1 N–H and O–H groups in total. The van der Waals surface area contributed by atoms with Gasteiger partial charge in [-0.2, -0.15) is 0 Å². The van der Waals surface area contributed by atoms with Gasteiger partial charge in [0.25, 0.3) is 0 Å². The van der Waals surface area contributed by atoms with Crippen molar-refractivity contribution in [2.45, 2.75) is 33.7 Å². The summed E-state index contributed by atoms with van der Waals surface area (Å²) in [5.41, 5.74) is 1.39. The molecule has 0 saturated carbocycles. The molecule has 1 aromatic rings. The van der Waals surface area contributed by atoms with E-state index >= 15 is 0 Å². The first-order valence-electron chi connectivity index (χ1n) is 6.64. The second-order valence-electron chi connectivity index (χ2n) is 5.06. The van der Waals surface area contributed by atoms with Gasteiger partial charge in [0, 0.05) is 19.6 Å². The summed E-state index contributed by atoms with van der Waals surface area (Å²) in [4.78, 5) is 13.0. The molecule has 0 heterocycles. The van der Waals surface area contributed by atoms with Crippen molar-refractivity contribution >= 4 is 17.1 Å². The van der Waals surface area contributed by atoms with Crippen molar-refractivity contribution < 1.29 is 4.92 Å². The van der Waals surface area contributed by atoms with E-state index in [-0.39, 0.29) is 16.7 Å². The first-order chi connectivity index (χ1) is 8.90. The average molecular weight is 265 g/mol. The maximum absolute atomic E-state index is 11.4. The van der Waals surface area contributed by atoms with Crippen molar-refractivity contribution in [1.29, 1.82) is 0 Å². The summed E-state index contributed by atoms with van der Waals surface area (Å²) in [6, 6.07) is 5.64. The number of para-hydroxylation sites is 1. The molecular weight excluding hydrogens is 242 g/mol. The Bertz CT molecular complexity index is 446. The Kier molecular flexibility index (Phi) is 5.15. The van der Waals surface area contributed by atoms with Crippen LogP contribution in [0.4, 0.5) is 17.1 Å². The Morgan fingerprint density at radius 2 is 2.00 bits per heavy atom. The molecule has 5 heteroatoms. The van der Waals surface area contributed by atoms with Crippen LogP contribution in [0.25, 0.3) is 0 Å². The van der Waals surface area contributed by atoms with Crippen LogP contribution in [0.3, 0.4) is 0 Å². The minimum Gasteiger partial charge on any atom is -0.380 e. The van der Waals surface area contributed by atoms with Gasteiger partial charge >= 0.3 is 5.69 Å². The molecule has 0 aliphatic carbocycles. The molecule has 0 bridgehead atoms. The predicted molar refractivity (Wildman–Crippen MR) is 80.0 cm³/mol. The standard InChI is InChI=1S/C14H23N3O2/c1-6-15-12-8-7-9-13(14(12)17(18)19)16(5)11(4)10(2)3/h7-11,15H,6H2,1-5H3. The number of hydrogen-bond donors (Lipinski definition) is 1. The molecule has 19 heavy (non-hydrogen) atoms. The van der Waals surface area contributed by atoms with E-state index in [0.717, 1.165) is 0 Å². The summed E-state index contributed by atoms with van der Waals surface area (Å²) in [6.07, 6.45) is 0. The molecular formula is C14H23N3O2. The van der Waals surface area contributed by atoms with Gasteiger partial charge in [-0.05, 0) is 31.9 Å². The van der Waals surface area contributed by atoms with Crippen molar-refractivity contribution in [3.63, 3.8) is 0 Å². The molecule has 0 fully saturated rings. The fourth-order valence-electron chi connectivity index (χ4n) is 2.01. The van der Waals surface area contributed by atoms with Crippen LogP contribution in [0.1, 0.15) is 27.7 Å². The van der Waals surface area contributed by atoms with Gasteiger partial charge in [-0.15, -0.1) is 0 Å². The van der Waals surface area contributed by atoms with Gasteiger partial charge in [0.05, 0.1) is 4.92 Å². The topological polar surface area (TPSA) is 58.4 Å². The largest absolute Gasteiger partial charge is 0.380 e. The van der Waals surface area contributed by atoms with Gasteiger partial charge < -0.3 is 10.2 Å². The number of hydrogen-bond acceptors (Lipinski definition) is 4. The molecule has 0 saturated heterocycles. The summed E-state index contributed by atoms with van der Waals surface area (Å²) >= 11 is 0. The minimum absolute atomic E-state index is 0.152. The maximum Gasteiger partial charge on any atom is 0.315 e. The average Bonchev–Trinajstić information content (AvgIpc) is 2.36. The number of rotatable bonds is 6. The van der Waals surface area contributed by atoms with Crippen LogP contribution in [0.15, 0.2) is 18.2 Å². The number of nitro groups is 1. The van der Waals surface area contributed by atoms with E-state index in [1.807, 2.05) is 24.9 Å². The van der Waals surface area contributed by atoms with Crippen LogP contribution < -0.4 is 10.2 Å². The van der Waals surface area contributed by atoms with Crippen LogP contribution in [0.5, 0.6) is 0 Å². The molecule has 5 nitrogen and oxygen atoms in total. The van der Waals surface area contributed by atoms with Gasteiger partial charge in [-0.3, -0.25) is 10.1 Å². The third-order valence-corrected chi connectivity index (χ3v) is 3.52. The summed E-state index contributed by atoms with van der Waals surface area (Å²) in [7, 11) is 1.91. The van der Waals surface area contributed by atoms with E-state index in [0.29, 0.717) is 23.8 Å². The lowest BCUT2D eigenvalue weighted by molar-refractivity contribution is -0.383. The molecule has 106 valence electrons.